The lowest BCUT2D eigenvalue weighted by molar-refractivity contribution is -0.123. The number of hydrogen-bond acceptors (Lipinski definition) is 5. The number of nitrogens with one attached hydrogen (secondary N) is 1. The normalized spacial score (nSPS) is 16.7. The number of carbonyl (C=O) groups excluding carboxylic acids is 1. The molecule has 26 heavy (non-hydrogen) atoms. The van der Waals surface area contributed by atoms with E-state index in [9.17, 15) is 4.79 Å². The molecule has 1 atom stereocenters. The van der Waals surface area contributed by atoms with Crippen LogP contribution in [0.2, 0.25) is 5.02 Å². The van der Waals surface area contributed by atoms with Gasteiger partial charge in [-0.15, -0.1) is 0 Å². The van der Waals surface area contributed by atoms with Crippen LogP contribution in [0.4, 0.5) is 0 Å². The zero-order valence-corrected chi connectivity index (χ0v) is 15.3. The number of halogens is 1. The quantitative estimate of drug-likeness (QED) is 0.679. The maximum absolute atomic E-state index is 11.9. The number of ether oxygens (including phenoxy) is 3. The molecule has 0 aliphatic carbocycles. The number of hydrogen-bond donors (Lipinski definition) is 1. The molecule has 0 bridgehead atoms. The molecule has 1 unspecified atom stereocenters. The van der Waals surface area contributed by atoms with E-state index in [-0.39, 0.29) is 18.6 Å². The Morgan fingerprint density at radius 2 is 2.31 bits per heavy atom. The topological polar surface area (TPSA) is 69.7 Å². The van der Waals surface area contributed by atoms with Gasteiger partial charge in [-0.3, -0.25) is 9.78 Å². The van der Waals surface area contributed by atoms with E-state index in [0.717, 1.165) is 31.3 Å². The first-order valence-electron chi connectivity index (χ1n) is 8.86. The van der Waals surface area contributed by atoms with Gasteiger partial charge >= 0.3 is 0 Å². The van der Waals surface area contributed by atoms with E-state index in [1.807, 2.05) is 12.1 Å². The van der Waals surface area contributed by atoms with Crippen molar-refractivity contribution in [2.75, 3.05) is 33.0 Å². The molecular formula is C19H23ClN2O4. The molecule has 0 saturated carbocycles. The van der Waals surface area contributed by atoms with Gasteiger partial charge in [0.2, 0.25) is 0 Å². The number of carbonyl (C=O) groups is 1. The molecule has 2 aromatic rings. The lowest BCUT2D eigenvalue weighted by Crippen LogP contribution is -2.30. The predicted octanol–water partition coefficient (Wildman–Crippen LogP) is 2.97. The Hall–Kier alpha value is -1.89. The first kappa shape index (κ1) is 18.9. The summed E-state index contributed by atoms with van der Waals surface area (Å²) < 4.78 is 16.6. The number of amides is 1. The van der Waals surface area contributed by atoms with Crippen LogP contribution >= 0.6 is 11.6 Å². The maximum Gasteiger partial charge on any atom is 0.257 e. The minimum absolute atomic E-state index is 0.0654. The maximum atomic E-state index is 11.9. The number of pyridine rings is 1. The molecule has 1 aromatic heterocycles. The molecule has 1 aliphatic heterocycles. The summed E-state index contributed by atoms with van der Waals surface area (Å²) in [5.41, 5.74) is 0.648. The van der Waals surface area contributed by atoms with E-state index in [1.54, 1.807) is 18.3 Å². The van der Waals surface area contributed by atoms with Crippen molar-refractivity contribution in [2.45, 2.75) is 25.4 Å². The fourth-order valence-electron chi connectivity index (χ4n) is 2.82. The van der Waals surface area contributed by atoms with E-state index >= 15 is 0 Å². The van der Waals surface area contributed by atoms with Crippen LogP contribution in [0.5, 0.6) is 5.75 Å². The summed E-state index contributed by atoms with van der Waals surface area (Å²) in [5.74, 6) is 0.364. The van der Waals surface area contributed by atoms with Crippen LogP contribution in [0.25, 0.3) is 10.9 Å². The Kier molecular flexibility index (Phi) is 7.05. The summed E-state index contributed by atoms with van der Waals surface area (Å²) in [6.07, 6.45) is 4.84. The number of nitrogens with zero attached hydrogens (tertiary/aromatic N) is 1. The molecule has 0 spiro atoms. The van der Waals surface area contributed by atoms with Gasteiger partial charge in [-0.25, -0.2) is 0 Å². The second-order valence-corrected chi connectivity index (χ2v) is 6.55. The molecular weight excluding hydrogens is 356 g/mol. The molecule has 140 valence electrons. The largest absolute Gasteiger partial charge is 0.481 e. The predicted molar refractivity (Wildman–Crippen MR) is 99.7 cm³/mol. The molecule has 1 aromatic carbocycles. The molecule has 6 nitrogen and oxygen atoms in total. The molecule has 1 amide bonds. The van der Waals surface area contributed by atoms with Crippen LogP contribution in [0.15, 0.2) is 30.5 Å². The minimum atomic E-state index is -0.178. The minimum Gasteiger partial charge on any atom is -0.481 e. The zero-order chi connectivity index (χ0) is 18.2. The van der Waals surface area contributed by atoms with Crippen molar-refractivity contribution in [1.82, 2.24) is 10.3 Å². The lowest BCUT2D eigenvalue weighted by atomic mass is 10.2. The van der Waals surface area contributed by atoms with Crippen LogP contribution in [0, 0.1) is 0 Å². The van der Waals surface area contributed by atoms with Crippen LogP contribution in [-0.4, -0.2) is 50.0 Å². The standard InChI is InChI=1S/C19H23ClN2O4/c20-16-6-7-17(19-15(16)5-1-8-22-19)26-13-18(23)21-9-3-10-24-12-14-4-2-11-25-14/h1,5-8,14H,2-4,9-13H2,(H,21,23). The van der Waals surface area contributed by atoms with Gasteiger partial charge in [0.25, 0.3) is 5.91 Å². The Labute approximate surface area is 157 Å². The summed E-state index contributed by atoms with van der Waals surface area (Å²) in [6.45, 7) is 2.56. The highest BCUT2D eigenvalue weighted by Crippen LogP contribution is 2.29. The first-order valence-corrected chi connectivity index (χ1v) is 9.24. The molecule has 7 heteroatoms. The Balaban J connectivity index is 1.35. The van der Waals surface area contributed by atoms with E-state index in [1.165, 1.54) is 0 Å². The van der Waals surface area contributed by atoms with Gasteiger partial charge in [-0.1, -0.05) is 11.6 Å². The smallest absolute Gasteiger partial charge is 0.257 e. The van der Waals surface area contributed by atoms with Crippen molar-refractivity contribution in [2.24, 2.45) is 0 Å². The first-order chi connectivity index (χ1) is 12.7. The highest BCUT2D eigenvalue weighted by Gasteiger charge is 2.15. The van der Waals surface area contributed by atoms with Crippen molar-refractivity contribution in [1.29, 1.82) is 0 Å². The number of rotatable bonds is 9. The lowest BCUT2D eigenvalue weighted by Gasteiger charge is -2.11. The SMILES string of the molecule is O=C(COc1ccc(Cl)c2cccnc12)NCCCOCC1CCCO1. The van der Waals surface area contributed by atoms with Crippen molar-refractivity contribution in [3.8, 4) is 5.75 Å². The molecule has 1 fully saturated rings. The van der Waals surface area contributed by atoms with Gasteiger partial charge in [-0.05, 0) is 43.5 Å². The van der Waals surface area contributed by atoms with Gasteiger partial charge in [0, 0.05) is 31.3 Å². The Morgan fingerprint density at radius 3 is 3.15 bits per heavy atom. The third-order valence-corrected chi connectivity index (χ3v) is 4.48. The second-order valence-electron chi connectivity index (χ2n) is 6.15. The fraction of sp³-hybridized carbons (Fsp3) is 0.474. The summed E-state index contributed by atoms with van der Waals surface area (Å²) >= 11 is 6.15. The highest BCUT2D eigenvalue weighted by atomic mass is 35.5. The van der Waals surface area contributed by atoms with Gasteiger partial charge in [0.05, 0.1) is 17.7 Å². The number of benzene rings is 1. The zero-order valence-electron chi connectivity index (χ0n) is 14.6. The van der Waals surface area contributed by atoms with Crippen LogP contribution in [0.1, 0.15) is 19.3 Å². The van der Waals surface area contributed by atoms with Crippen molar-refractivity contribution in [3.63, 3.8) is 0 Å². The Morgan fingerprint density at radius 1 is 1.38 bits per heavy atom. The van der Waals surface area contributed by atoms with E-state index in [4.69, 9.17) is 25.8 Å². The molecule has 1 saturated heterocycles. The molecule has 0 radical (unpaired) electrons. The Bertz CT molecular complexity index is 735. The van der Waals surface area contributed by atoms with Crippen molar-refractivity contribution >= 4 is 28.4 Å². The van der Waals surface area contributed by atoms with Crippen LogP contribution in [0.3, 0.4) is 0 Å². The summed E-state index contributed by atoms with van der Waals surface area (Å²) in [7, 11) is 0. The summed E-state index contributed by atoms with van der Waals surface area (Å²) in [4.78, 5) is 16.2. The third kappa shape index (κ3) is 5.30. The number of aromatic nitrogens is 1. The molecule has 2 heterocycles. The van der Waals surface area contributed by atoms with Gasteiger partial charge in [-0.2, -0.15) is 0 Å². The van der Waals surface area contributed by atoms with Gasteiger partial charge < -0.3 is 19.5 Å². The number of fused-ring (bicyclic) bond motifs is 1. The second kappa shape index (κ2) is 9.71. The van der Waals surface area contributed by atoms with Gasteiger partial charge in [0.15, 0.2) is 6.61 Å². The van der Waals surface area contributed by atoms with Crippen molar-refractivity contribution < 1.29 is 19.0 Å². The highest BCUT2D eigenvalue weighted by molar-refractivity contribution is 6.35. The fourth-order valence-corrected chi connectivity index (χ4v) is 3.03. The average Bonchev–Trinajstić information content (AvgIpc) is 3.18. The third-order valence-electron chi connectivity index (χ3n) is 4.15. The summed E-state index contributed by atoms with van der Waals surface area (Å²) in [6, 6.07) is 7.15. The monoisotopic (exact) mass is 378 g/mol. The summed E-state index contributed by atoms with van der Waals surface area (Å²) in [5, 5.41) is 4.23. The van der Waals surface area contributed by atoms with Gasteiger partial charge in [0.1, 0.15) is 11.3 Å². The molecule has 3 rings (SSSR count). The average molecular weight is 379 g/mol. The van der Waals surface area contributed by atoms with Crippen LogP contribution in [-0.2, 0) is 14.3 Å². The van der Waals surface area contributed by atoms with Crippen LogP contribution < -0.4 is 10.1 Å². The molecule has 1 aliphatic rings. The van der Waals surface area contributed by atoms with E-state index in [0.29, 0.717) is 36.0 Å². The van der Waals surface area contributed by atoms with Crippen molar-refractivity contribution in [3.05, 3.63) is 35.5 Å². The van der Waals surface area contributed by atoms with E-state index < -0.39 is 0 Å². The molecule has 1 N–H and O–H groups in total. The van der Waals surface area contributed by atoms with E-state index in [2.05, 4.69) is 10.3 Å².